The van der Waals surface area contributed by atoms with Crippen molar-refractivity contribution in [2.75, 3.05) is 5.32 Å². The van der Waals surface area contributed by atoms with Gasteiger partial charge in [-0.05, 0) is 47.0 Å². The lowest BCUT2D eigenvalue weighted by Gasteiger charge is -2.14. The molecule has 3 nitrogen and oxygen atoms in total. The van der Waals surface area contributed by atoms with Crippen molar-refractivity contribution < 1.29 is 18.0 Å². The molecule has 1 aromatic rings. The molecule has 7 heteroatoms. The third-order valence-electron chi connectivity index (χ3n) is 2.78. The van der Waals surface area contributed by atoms with Gasteiger partial charge in [-0.15, -0.1) is 0 Å². The van der Waals surface area contributed by atoms with E-state index in [1.54, 1.807) is 0 Å². The summed E-state index contributed by atoms with van der Waals surface area (Å²) in [7, 11) is 0. The first kappa shape index (κ1) is 13.4. The smallest absolute Gasteiger partial charge is 0.323 e. The molecular formula is C11H10BrF3N2O. The average Bonchev–Trinajstić information content (AvgIpc) is 2.99. The number of hydrogen-bond acceptors (Lipinski definition) is 2. The molecule has 18 heavy (non-hydrogen) atoms. The molecule has 98 valence electrons. The van der Waals surface area contributed by atoms with Crippen molar-refractivity contribution in [2.45, 2.75) is 24.6 Å². The highest BCUT2D eigenvalue weighted by molar-refractivity contribution is 9.10. The number of alkyl halides is 3. The molecule has 0 bridgehead atoms. The summed E-state index contributed by atoms with van der Waals surface area (Å²) >= 11 is 3.09. The molecule has 0 radical (unpaired) electrons. The van der Waals surface area contributed by atoms with E-state index in [9.17, 15) is 18.0 Å². The summed E-state index contributed by atoms with van der Waals surface area (Å²) in [5.41, 5.74) is 4.00. The molecular weight excluding hydrogens is 313 g/mol. The van der Waals surface area contributed by atoms with E-state index in [2.05, 4.69) is 21.2 Å². The molecule has 1 aliphatic carbocycles. The van der Waals surface area contributed by atoms with Crippen LogP contribution in [-0.4, -0.2) is 11.4 Å². The van der Waals surface area contributed by atoms with Gasteiger partial charge in [-0.2, -0.15) is 13.2 Å². The van der Waals surface area contributed by atoms with Crippen LogP contribution in [0.25, 0.3) is 0 Å². The van der Waals surface area contributed by atoms with Crippen molar-refractivity contribution >= 4 is 27.5 Å². The molecule has 1 amide bonds. The molecule has 1 saturated carbocycles. The van der Waals surface area contributed by atoms with E-state index in [1.807, 2.05) is 0 Å². The molecule has 1 aromatic carbocycles. The minimum atomic E-state index is -4.44. The van der Waals surface area contributed by atoms with Crippen LogP contribution in [0.4, 0.5) is 18.9 Å². The largest absolute Gasteiger partial charge is 0.416 e. The second kappa shape index (κ2) is 4.24. The lowest BCUT2D eigenvalue weighted by molar-refractivity contribution is -0.137. The molecule has 0 unspecified atom stereocenters. The molecule has 0 saturated heterocycles. The lowest BCUT2D eigenvalue weighted by atomic mass is 10.2. The predicted octanol–water partition coefficient (Wildman–Crippen LogP) is 2.90. The van der Waals surface area contributed by atoms with Crippen LogP contribution in [0.3, 0.4) is 0 Å². The fraction of sp³-hybridized carbons (Fsp3) is 0.364. The maximum Gasteiger partial charge on any atom is 0.416 e. The fourth-order valence-electron chi connectivity index (χ4n) is 1.41. The molecule has 0 heterocycles. The molecule has 1 aliphatic rings. The molecule has 0 spiro atoms. The predicted molar refractivity (Wildman–Crippen MR) is 63.9 cm³/mol. The van der Waals surface area contributed by atoms with E-state index in [0.29, 0.717) is 17.3 Å². The summed E-state index contributed by atoms with van der Waals surface area (Å²) in [6.07, 6.45) is -3.34. The number of amides is 1. The second-order valence-corrected chi connectivity index (χ2v) is 5.16. The van der Waals surface area contributed by atoms with Crippen LogP contribution < -0.4 is 11.1 Å². The Balaban J connectivity index is 2.24. The van der Waals surface area contributed by atoms with Crippen LogP contribution in [-0.2, 0) is 11.0 Å². The highest BCUT2D eigenvalue weighted by Crippen LogP contribution is 2.36. The van der Waals surface area contributed by atoms with Crippen molar-refractivity contribution in [2.24, 2.45) is 5.73 Å². The van der Waals surface area contributed by atoms with Crippen LogP contribution in [0.5, 0.6) is 0 Å². The van der Waals surface area contributed by atoms with Crippen molar-refractivity contribution in [1.82, 2.24) is 0 Å². The van der Waals surface area contributed by atoms with E-state index in [1.165, 1.54) is 6.07 Å². The third kappa shape index (κ3) is 2.67. The number of anilines is 1. The fourth-order valence-corrected chi connectivity index (χ4v) is 1.75. The first-order valence-electron chi connectivity index (χ1n) is 5.19. The van der Waals surface area contributed by atoms with Gasteiger partial charge < -0.3 is 11.1 Å². The van der Waals surface area contributed by atoms with E-state index < -0.39 is 23.2 Å². The molecule has 1 fully saturated rings. The number of hydrogen-bond donors (Lipinski definition) is 2. The first-order valence-corrected chi connectivity index (χ1v) is 5.99. The summed E-state index contributed by atoms with van der Waals surface area (Å²) in [6, 6.07) is 3.07. The van der Waals surface area contributed by atoms with Crippen LogP contribution in [0.15, 0.2) is 22.7 Å². The van der Waals surface area contributed by atoms with Gasteiger partial charge in [-0.3, -0.25) is 4.79 Å². The summed E-state index contributed by atoms with van der Waals surface area (Å²) < 4.78 is 38.0. The normalized spacial score (nSPS) is 17.4. The quantitative estimate of drug-likeness (QED) is 0.879. The maximum absolute atomic E-state index is 12.5. The zero-order chi connectivity index (χ0) is 13.6. The Bertz CT molecular complexity index is 498. The number of benzene rings is 1. The molecule has 3 N–H and O–H groups in total. The van der Waals surface area contributed by atoms with Crippen LogP contribution in [0.2, 0.25) is 0 Å². The summed E-state index contributed by atoms with van der Waals surface area (Å²) in [6.45, 7) is 0. The van der Waals surface area contributed by atoms with E-state index in [4.69, 9.17) is 5.73 Å². The summed E-state index contributed by atoms with van der Waals surface area (Å²) in [5.74, 6) is -0.456. The van der Waals surface area contributed by atoms with E-state index in [-0.39, 0.29) is 5.69 Å². The minimum Gasteiger partial charge on any atom is -0.323 e. The SMILES string of the molecule is NC1(C(=O)Nc2cc(C(F)(F)F)ccc2Br)CC1. The van der Waals surface area contributed by atoms with Crippen molar-refractivity contribution in [3.63, 3.8) is 0 Å². The second-order valence-electron chi connectivity index (χ2n) is 4.30. The molecule has 0 aromatic heterocycles. The Morgan fingerprint density at radius 3 is 2.50 bits per heavy atom. The summed E-state index contributed by atoms with van der Waals surface area (Å²) in [4.78, 5) is 11.7. The Labute approximate surface area is 110 Å². The topological polar surface area (TPSA) is 55.1 Å². The van der Waals surface area contributed by atoms with Crippen LogP contribution in [0.1, 0.15) is 18.4 Å². The zero-order valence-electron chi connectivity index (χ0n) is 9.14. The lowest BCUT2D eigenvalue weighted by Crippen LogP contribution is -2.37. The average molecular weight is 323 g/mol. The Morgan fingerprint density at radius 2 is 2.00 bits per heavy atom. The van der Waals surface area contributed by atoms with Gasteiger partial charge >= 0.3 is 6.18 Å². The molecule has 0 aliphatic heterocycles. The standard InChI is InChI=1S/C11H10BrF3N2O/c12-7-2-1-6(11(13,14)15)5-8(7)17-9(18)10(16)3-4-10/h1-2,5H,3-4,16H2,(H,17,18). The van der Waals surface area contributed by atoms with Gasteiger partial charge in [0.2, 0.25) is 5.91 Å². The third-order valence-corrected chi connectivity index (χ3v) is 3.47. The number of halogens is 4. The van der Waals surface area contributed by atoms with Crippen molar-refractivity contribution in [3.05, 3.63) is 28.2 Å². The Kier molecular flexibility index (Phi) is 3.14. The van der Waals surface area contributed by atoms with Gasteiger partial charge in [0, 0.05) is 4.47 Å². The number of carbonyl (C=O) groups excluding carboxylic acids is 1. The molecule has 0 atom stereocenters. The number of rotatable bonds is 2. The van der Waals surface area contributed by atoms with Gasteiger partial charge in [0.05, 0.1) is 16.8 Å². The monoisotopic (exact) mass is 322 g/mol. The van der Waals surface area contributed by atoms with Gasteiger partial charge in [0.25, 0.3) is 0 Å². The number of nitrogens with one attached hydrogen (secondary N) is 1. The van der Waals surface area contributed by atoms with Crippen LogP contribution in [0, 0.1) is 0 Å². The van der Waals surface area contributed by atoms with Crippen molar-refractivity contribution in [1.29, 1.82) is 0 Å². The summed E-state index contributed by atoms with van der Waals surface area (Å²) in [5, 5.41) is 2.41. The maximum atomic E-state index is 12.5. The number of carbonyl (C=O) groups is 1. The Hall–Kier alpha value is -1.08. The van der Waals surface area contributed by atoms with Gasteiger partial charge in [-0.25, -0.2) is 0 Å². The van der Waals surface area contributed by atoms with Crippen LogP contribution >= 0.6 is 15.9 Å². The van der Waals surface area contributed by atoms with Crippen molar-refractivity contribution in [3.8, 4) is 0 Å². The minimum absolute atomic E-state index is 0.0755. The van der Waals surface area contributed by atoms with Gasteiger partial charge in [0.1, 0.15) is 0 Å². The zero-order valence-corrected chi connectivity index (χ0v) is 10.7. The van der Waals surface area contributed by atoms with E-state index >= 15 is 0 Å². The van der Waals surface area contributed by atoms with E-state index in [0.717, 1.165) is 12.1 Å². The van der Waals surface area contributed by atoms with Gasteiger partial charge in [0.15, 0.2) is 0 Å². The van der Waals surface area contributed by atoms with Gasteiger partial charge in [-0.1, -0.05) is 0 Å². The molecule has 2 rings (SSSR count). The number of nitrogens with two attached hydrogens (primary N) is 1. The Morgan fingerprint density at radius 1 is 1.39 bits per heavy atom. The highest BCUT2D eigenvalue weighted by atomic mass is 79.9. The highest BCUT2D eigenvalue weighted by Gasteiger charge is 2.46. The first-order chi connectivity index (χ1) is 8.22.